The van der Waals surface area contributed by atoms with Crippen LogP contribution in [0.15, 0.2) is 72.9 Å². The average Bonchev–Trinajstić information content (AvgIpc) is 3.33. The smallest absolute Gasteiger partial charge is 0.306 e. The molecular weight excluding hydrogens is 829 g/mol. The summed E-state index contributed by atoms with van der Waals surface area (Å²) >= 11 is 0. The number of allylic oxidation sites excluding steroid dienone is 12. The average molecular weight is 936 g/mol. The van der Waals surface area contributed by atoms with E-state index in [4.69, 9.17) is 14.2 Å². The molecule has 0 saturated carbocycles. The summed E-state index contributed by atoms with van der Waals surface area (Å²) in [6.45, 7) is 6.55. The van der Waals surface area contributed by atoms with Crippen LogP contribution in [0.5, 0.6) is 0 Å². The molecule has 0 aromatic carbocycles. The number of unbranched alkanes of at least 4 members (excludes halogenated alkanes) is 28. The van der Waals surface area contributed by atoms with E-state index in [-0.39, 0.29) is 31.1 Å². The second-order valence-corrected chi connectivity index (χ2v) is 18.8. The second kappa shape index (κ2) is 55.4. The molecule has 6 heteroatoms. The third-order valence-corrected chi connectivity index (χ3v) is 12.2. The quantitative estimate of drug-likeness (QED) is 0.0262. The predicted molar refractivity (Wildman–Crippen MR) is 288 cm³/mol. The van der Waals surface area contributed by atoms with E-state index in [1.807, 2.05) is 0 Å². The van der Waals surface area contributed by atoms with E-state index in [0.29, 0.717) is 19.3 Å². The first-order valence-electron chi connectivity index (χ1n) is 28.4. The molecular formula is C61H106O6. The Morgan fingerprint density at radius 3 is 0.910 bits per heavy atom. The van der Waals surface area contributed by atoms with Crippen LogP contribution in [0.1, 0.15) is 278 Å². The first kappa shape index (κ1) is 63.8. The molecule has 0 aromatic rings. The number of esters is 3. The summed E-state index contributed by atoms with van der Waals surface area (Å²) in [5.41, 5.74) is 0. The summed E-state index contributed by atoms with van der Waals surface area (Å²) < 4.78 is 16.8. The molecule has 0 aliphatic heterocycles. The van der Waals surface area contributed by atoms with Gasteiger partial charge in [0, 0.05) is 19.3 Å². The molecule has 0 saturated heterocycles. The summed E-state index contributed by atoms with van der Waals surface area (Å²) in [6, 6.07) is 0. The number of hydrogen-bond donors (Lipinski definition) is 0. The predicted octanol–water partition coefficient (Wildman–Crippen LogP) is 19.0. The lowest BCUT2D eigenvalue weighted by molar-refractivity contribution is -0.167. The zero-order valence-corrected chi connectivity index (χ0v) is 44.2. The maximum absolute atomic E-state index is 12.9. The van der Waals surface area contributed by atoms with Crippen LogP contribution in [-0.2, 0) is 28.6 Å². The van der Waals surface area contributed by atoms with Crippen molar-refractivity contribution in [2.75, 3.05) is 13.2 Å². The van der Waals surface area contributed by atoms with Gasteiger partial charge in [-0.3, -0.25) is 14.4 Å². The maximum Gasteiger partial charge on any atom is 0.306 e. The first-order valence-corrected chi connectivity index (χ1v) is 28.4. The molecule has 1 atom stereocenters. The van der Waals surface area contributed by atoms with E-state index in [9.17, 15) is 14.4 Å². The molecule has 0 heterocycles. The zero-order valence-electron chi connectivity index (χ0n) is 44.2. The van der Waals surface area contributed by atoms with Gasteiger partial charge >= 0.3 is 17.9 Å². The van der Waals surface area contributed by atoms with Gasteiger partial charge in [0.2, 0.25) is 0 Å². The van der Waals surface area contributed by atoms with E-state index in [0.717, 1.165) is 96.3 Å². The third kappa shape index (κ3) is 53.7. The molecule has 0 fully saturated rings. The molecule has 0 rings (SSSR count). The van der Waals surface area contributed by atoms with Gasteiger partial charge in [0.05, 0.1) is 0 Å². The number of rotatable bonds is 51. The van der Waals surface area contributed by atoms with Crippen molar-refractivity contribution >= 4 is 17.9 Å². The van der Waals surface area contributed by atoms with Gasteiger partial charge in [-0.05, 0) is 116 Å². The molecule has 386 valence electrons. The minimum absolute atomic E-state index is 0.0952. The number of carbonyl (C=O) groups is 3. The largest absolute Gasteiger partial charge is 0.462 e. The van der Waals surface area contributed by atoms with Crippen LogP contribution in [0, 0.1) is 0 Å². The Morgan fingerprint density at radius 1 is 0.299 bits per heavy atom. The van der Waals surface area contributed by atoms with Crippen molar-refractivity contribution < 1.29 is 28.6 Å². The van der Waals surface area contributed by atoms with E-state index >= 15 is 0 Å². The zero-order chi connectivity index (χ0) is 48.6. The Hall–Kier alpha value is -3.15. The summed E-state index contributed by atoms with van der Waals surface area (Å²) in [6.07, 6.45) is 70.3. The first-order chi connectivity index (χ1) is 33.0. The van der Waals surface area contributed by atoms with Gasteiger partial charge in [0.15, 0.2) is 6.10 Å². The fourth-order valence-corrected chi connectivity index (χ4v) is 7.83. The van der Waals surface area contributed by atoms with Crippen molar-refractivity contribution in [1.82, 2.24) is 0 Å². The van der Waals surface area contributed by atoms with Crippen LogP contribution in [0.3, 0.4) is 0 Å². The highest BCUT2D eigenvalue weighted by atomic mass is 16.6. The highest BCUT2D eigenvalue weighted by Crippen LogP contribution is 2.15. The Kier molecular flexibility index (Phi) is 52.8. The Morgan fingerprint density at radius 2 is 0.537 bits per heavy atom. The molecule has 0 aromatic heterocycles. The number of hydrogen-bond acceptors (Lipinski definition) is 6. The Balaban J connectivity index is 4.44. The molecule has 0 N–H and O–H groups in total. The van der Waals surface area contributed by atoms with Gasteiger partial charge in [0.25, 0.3) is 0 Å². The lowest BCUT2D eigenvalue weighted by atomic mass is 10.1. The highest BCUT2D eigenvalue weighted by Gasteiger charge is 2.19. The van der Waals surface area contributed by atoms with Gasteiger partial charge in [-0.2, -0.15) is 0 Å². The van der Waals surface area contributed by atoms with Crippen LogP contribution in [0.4, 0.5) is 0 Å². The summed E-state index contributed by atoms with van der Waals surface area (Å²) in [5, 5.41) is 0. The van der Waals surface area contributed by atoms with E-state index in [1.54, 1.807) is 0 Å². The van der Waals surface area contributed by atoms with Crippen molar-refractivity contribution in [3.8, 4) is 0 Å². The number of ether oxygens (including phenoxy) is 3. The summed E-state index contributed by atoms with van der Waals surface area (Å²) in [4.78, 5) is 38.1. The second-order valence-electron chi connectivity index (χ2n) is 18.8. The topological polar surface area (TPSA) is 78.9 Å². The summed E-state index contributed by atoms with van der Waals surface area (Å²) in [5.74, 6) is -0.943. The minimum Gasteiger partial charge on any atom is -0.462 e. The van der Waals surface area contributed by atoms with Gasteiger partial charge in [-0.25, -0.2) is 0 Å². The molecule has 0 aliphatic rings. The van der Waals surface area contributed by atoms with Gasteiger partial charge in [-0.15, -0.1) is 0 Å². The van der Waals surface area contributed by atoms with Crippen LogP contribution < -0.4 is 0 Å². The molecule has 0 aliphatic carbocycles. The van der Waals surface area contributed by atoms with Crippen LogP contribution in [-0.4, -0.2) is 37.2 Å². The third-order valence-electron chi connectivity index (χ3n) is 12.2. The Labute approximate surface area is 414 Å². The summed E-state index contributed by atoms with van der Waals surface area (Å²) in [7, 11) is 0. The van der Waals surface area contributed by atoms with Crippen LogP contribution in [0.25, 0.3) is 0 Å². The molecule has 6 nitrogen and oxygen atoms in total. The van der Waals surface area contributed by atoms with Crippen LogP contribution >= 0.6 is 0 Å². The molecule has 0 amide bonds. The molecule has 0 unspecified atom stereocenters. The molecule has 67 heavy (non-hydrogen) atoms. The van der Waals surface area contributed by atoms with Crippen molar-refractivity contribution in [3.05, 3.63) is 72.9 Å². The van der Waals surface area contributed by atoms with Crippen molar-refractivity contribution in [1.29, 1.82) is 0 Å². The fourth-order valence-electron chi connectivity index (χ4n) is 7.83. The van der Waals surface area contributed by atoms with E-state index < -0.39 is 6.10 Å². The SMILES string of the molecule is CCCCC/C=C\C/C=C\C/C=C\CCCCC(=O)OC[C@H](COC(=O)CCCCCCC/C=C\C/C=C\CCCCC)OC(=O)CCCCCCCCCCC/C=C\CCCCCCCC. The van der Waals surface area contributed by atoms with Crippen molar-refractivity contribution in [3.63, 3.8) is 0 Å². The van der Waals surface area contributed by atoms with Crippen LogP contribution in [0.2, 0.25) is 0 Å². The molecule has 0 bridgehead atoms. The Bertz CT molecular complexity index is 1260. The monoisotopic (exact) mass is 935 g/mol. The molecule has 0 spiro atoms. The van der Waals surface area contributed by atoms with Crippen molar-refractivity contribution in [2.24, 2.45) is 0 Å². The molecule has 0 radical (unpaired) electrons. The lowest BCUT2D eigenvalue weighted by Crippen LogP contribution is -2.30. The standard InChI is InChI=1S/C61H106O6/c1-4-7-10-13-16-19-22-25-28-29-30-31-34-37-40-43-46-49-52-55-61(64)67-58(56-65-59(62)53-50-47-44-41-38-35-32-26-23-20-17-14-11-8-5-2)57-66-60(63)54-51-48-45-42-39-36-33-27-24-21-18-15-12-9-6-3/h17-18,20-21,25-28,32-33,38,41,58H,4-16,19,22-24,29-31,34-37,39-40,42-57H2,1-3H3/b20-17-,21-18-,28-25-,32-26-,33-27-,41-38-/t58-/m1/s1. The normalized spacial score (nSPS) is 12.6. The highest BCUT2D eigenvalue weighted by molar-refractivity contribution is 5.71. The lowest BCUT2D eigenvalue weighted by Gasteiger charge is -2.18. The fraction of sp³-hybridized carbons (Fsp3) is 0.754. The van der Waals surface area contributed by atoms with Gasteiger partial charge in [-0.1, -0.05) is 216 Å². The number of carbonyl (C=O) groups excluding carboxylic acids is 3. The van der Waals surface area contributed by atoms with Crippen molar-refractivity contribution in [2.45, 2.75) is 284 Å². The van der Waals surface area contributed by atoms with Gasteiger partial charge in [0.1, 0.15) is 13.2 Å². The van der Waals surface area contributed by atoms with Gasteiger partial charge < -0.3 is 14.2 Å². The van der Waals surface area contributed by atoms with E-state index in [1.165, 1.54) is 141 Å². The maximum atomic E-state index is 12.9. The van der Waals surface area contributed by atoms with E-state index in [2.05, 4.69) is 93.7 Å². The minimum atomic E-state index is -0.798.